The van der Waals surface area contributed by atoms with E-state index in [0.29, 0.717) is 22.0 Å². The Bertz CT molecular complexity index is 1240. The highest BCUT2D eigenvalue weighted by Crippen LogP contribution is 2.29. The van der Waals surface area contributed by atoms with E-state index in [1.807, 2.05) is 30.3 Å². The average molecular weight is 405 g/mol. The van der Waals surface area contributed by atoms with Gasteiger partial charge in [0, 0.05) is 34.8 Å². The summed E-state index contributed by atoms with van der Waals surface area (Å²) >= 11 is 0. The Hall–Kier alpha value is -3.65. The van der Waals surface area contributed by atoms with Crippen molar-refractivity contribution in [2.75, 3.05) is 17.1 Å². The molecule has 1 unspecified atom stereocenters. The lowest BCUT2D eigenvalue weighted by Gasteiger charge is -2.13. The van der Waals surface area contributed by atoms with E-state index in [2.05, 4.69) is 20.0 Å². The zero-order valence-electron chi connectivity index (χ0n) is 15.6. The molecule has 7 nitrogen and oxygen atoms in total. The molecule has 0 aliphatic heterocycles. The zero-order valence-corrected chi connectivity index (χ0v) is 16.4. The highest BCUT2D eigenvalue weighted by Gasteiger charge is 2.11. The quantitative estimate of drug-likeness (QED) is 0.427. The van der Waals surface area contributed by atoms with E-state index in [9.17, 15) is 4.21 Å². The number of fused-ring (bicyclic) bond motifs is 1. The number of rotatable bonds is 6. The Morgan fingerprint density at radius 1 is 0.897 bits per heavy atom. The van der Waals surface area contributed by atoms with Crippen molar-refractivity contribution in [2.45, 2.75) is 4.90 Å². The molecule has 1 atom stereocenters. The van der Waals surface area contributed by atoms with Gasteiger partial charge in [-0.15, -0.1) is 0 Å². The summed E-state index contributed by atoms with van der Waals surface area (Å²) in [7, 11) is -1.60. The van der Waals surface area contributed by atoms with E-state index in [-0.39, 0.29) is 0 Å². The molecule has 0 aliphatic rings. The van der Waals surface area contributed by atoms with Crippen LogP contribution in [0, 0.1) is 4.78 Å². The highest BCUT2D eigenvalue weighted by molar-refractivity contribution is 7.93. The summed E-state index contributed by atoms with van der Waals surface area (Å²) < 4.78 is 29.1. The van der Waals surface area contributed by atoms with Crippen molar-refractivity contribution >= 4 is 37.9 Å². The summed E-state index contributed by atoms with van der Waals surface area (Å²) in [6, 6.07) is 19.8. The van der Waals surface area contributed by atoms with Gasteiger partial charge in [-0.3, -0.25) is 9.71 Å². The van der Waals surface area contributed by atoms with Crippen LogP contribution in [0.3, 0.4) is 0 Å². The SMILES string of the molecule is COc1nccc2c(Nc3ccc(S(=N)(=O)Nc4ccccc4)cc3)ccnc12. The second kappa shape index (κ2) is 7.76. The normalized spacial score (nSPS) is 12.9. The first kappa shape index (κ1) is 18.7. The summed E-state index contributed by atoms with van der Waals surface area (Å²) in [6.45, 7) is 0. The molecule has 3 N–H and O–H groups in total. The van der Waals surface area contributed by atoms with Gasteiger partial charge in [0.15, 0.2) is 9.92 Å². The fourth-order valence-electron chi connectivity index (χ4n) is 2.93. The molecule has 0 bridgehead atoms. The van der Waals surface area contributed by atoms with Crippen molar-refractivity contribution in [3.8, 4) is 5.88 Å². The molecule has 2 aromatic carbocycles. The van der Waals surface area contributed by atoms with Gasteiger partial charge in [-0.1, -0.05) is 18.2 Å². The third-order valence-corrected chi connectivity index (χ3v) is 5.78. The van der Waals surface area contributed by atoms with Crippen molar-refractivity contribution in [3.05, 3.63) is 79.1 Å². The summed E-state index contributed by atoms with van der Waals surface area (Å²) in [5.41, 5.74) is 2.95. The van der Waals surface area contributed by atoms with Gasteiger partial charge in [0.05, 0.1) is 12.0 Å². The number of methoxy groups -OCH3 is 1. The summed E-state index contributed by atoms with van der Waals surface area (Å²) in [4.78, 5) is 8.92. The first-order valence-electron chi connectivity index (χ1n) is 8.83. The maximum Gasteiger partial charge on any atom is 0.240 e. The van der Waals surface area contributed by atoms with Gasteiger partial charge in [-0.2, -0.15) is 0 Å². The number of anilines is 3. The van der Waals surface area contributed by atoms with Crippen LogP contribution in [0.1, 0.15) is 0 Å². The van der Waals surface area contributed by atoms with Crippen molar-refractivity contribution in [2.24, 2.45) is 0 Å². The number of benzene rings is 2. The lowest BCUT2D eigenvalue weighted by Crippen LogP contribution is -2.11. The number of hydrogen-bond donors (Lipinski definition) is 3. The standard InChI is InChI=1S/C21H19N5O2S/c1-28-21-20-18(11-13-24-21)19(12-14-23-20)25-15-7-9-17(10-8-15)29(22,27)26-16-5-3-2-4-6-16/h2-14H,1H3,(H,23,25)(H2,22,26,27). The van der Waals surface area contributed by atoms with Crippen molar-refractivity contribution < 1.29 is 8.95 Å². The van der Waals surface area contributed by atoms with Crippen molar-refractivity contribution in [1.82, 2.24) is 9.97 Å². The Kier molecular flexibility index (Phi) is 5.01. The van der Waals surface area contributed by atoms with Gasteiger partial charge >= 0.3 is 0 Å². The second-order valence-corrected chi connectivity index (χ2v) is 8.04. The topological polar surface area (TPSA) is 100.0 Å². The molecule has 4 rings (SSSR count). The molecule has 0 aliphatic carbocycles. The van der Waals surface area contributed by atoms with Gasteiger partial charge in [-0.25, -0.2) is 14.0 Å². The van der Waals surface area contributed by atoms with E-state index in [0.717, 1.165) is 16.8 Å². The molecular formula is C21H19N5O2S. The van der Waals surface area contributed by atoms with Crippen LogP contribution in [0.4, 0.5) is 17.1 Å². The van der Waals surface area contributed by atoms with Gasteiger partial charge in [0.25, 0.3) is 0 Å². The summed E-state index contributed by atoms with van der Waals surface area (Å²) in [5, 5.41) is 4.20. The third-order valence-electron chi connectivity index (χ3n) is 4.32. The Labute approximate surface area is 168 Å². The lowest BCUT2D eigenvalue weighted by atomic mass is 10.2. The van der Waals surface area contributed by atoms with Crippen LogP contribution >= 0.6 is 0 Å². The van der Waals surface area contributed by atoms with Gasteiger partial charge in [0.1, 0.15) is 5.52 Å². The molecular weight excluding hydrogens is 386 g/mol. The molecule has 2 heterocycles. The maximum absolute atomic E-state index is 12.8. The van der Waals surface area contributed by atoms with Crippen LogP contribution < -0.4 is 14.8 Å². The molecule has 0 saturated heterocycles. The van der Waals surface area contributed by atoms with Gasteiger partial charge in [-0.05, 0) is 48.5 Å². The molecule has 0 fully saturated rings. The predicted molar refractivity (Wildman–Crippen MR) is 115 cm³/mol. The van der Waals surface area contributed by atoms with Crippen LogP contribution in [-0.4, -0.2) is 21.3 Å². The smallest absolute Gasteiger partial charge is 0.240 e. The number of pyridine rings is 2. The minimum Gasteiger partial charge on any atom is -0.479 e. The van der Waals surface area contributed by atoms with E-state index in [1.165, 1.54) is 0 Å². The van der Waals surface area contributed by atoms with Crippen LogP contribution in [-0.2, 0) is 9.92 Å². The van der Waals surface area contributed by atoms with Crippen LogP contribution in [0.15, 0.2) is 84.0 Å². The van der Waals surface area contributed by atoms with Crippen LogP contribution in [0.25, 0.3) is 10.9 Å². The molecule has 0 radical (unpaired) electrons. The fourth-order valence-corrected chi connectivity index (χ4v) is 4.03. The second-order valence-electron chi connectivity index (χ2n) is 6.25. The molecule has 2 aromatic heterocycles. The minimum absolute atomic E-state index is 0.400. The zero-order chi connectivity index (χ0) is 20.3. The van der Waals surface area contributed by atoms with Crippen LogP contribution in [0.5, 0.6) is 5.88 Å². The predicted octanol–water partition coefficient (Wildman–Crippen LogP) is 4.81. The summed E-state index contributed by atoms with van der Waals surface area (Å²) in [5.74, 6) is 0.461. The fraction of sp³-hybridized carbons (Fsp3) is 0.0476. The number of hydrogen-bond acceptors (Lipinski definition) is 6. The number of nitrogens with one attached hydrogen (secondary N) is 3. The molecule has 4 aromatic rings. The largest absolute Gasteiger partial charge is 0.479 e. The van der Waals surface area contributed by atoms with Crippen molar-refractivity contribution in [1.29, 1.82) is 4.78 Å². The first-order valence-corrected chi connectivity index (χ1v) is 10.4. The Balaban J connectivity index is 1.58. The van der Waals surface area contributed by atoms with E-state index < -0.39 is 9.92 Å². The number of aromatic nitrogens is 2. The van der Waals surface area contributed by atoms with E-state index >= 15 is 0 Å². The molecule has 8 heteroatoms. The number of para-hydroxylation sites is 1. The molecule has 0 spiro atoms. The first-order chi connectivity index (χ1) is 14.1. The molecule has 0 amide bonds. The number of ether oxygens (including phenoxy) is 1. The third kappa shape index (κ3) is 3.97. The number of nitrogens with zero attached hydrogens (tertiary/aromatic N) is 2. The van der Waals surface area contributed by atoms with Gasteiger partial charge < -0.3 is 10.1 Å². The minimum atomic E-state index is -3.16. The van der Waals surface area contributed by atoms with Crippen LogP contribution in [0.2, 0.25) is 0 Å². The van der Waals surface area contributed by atoms with Gasteiger partial charge in [0.2, 0.25) is 5.88 Å². The summed E-state index contributed by atoms with van der Waals surface area (Å²) in [6.07, 6.45) is 3.35. The molecule has 146 valence electrons. The van der Waals surface area contributed by atoms with E-state index in [1.54, 1.807) is 55.9 Å². The van der Waals surface area contributed by atoms with Crippen molar-refractivity contribution in [3.63, 3.8) is 0 Å². The average Bonchev–Trinajstić information content (AvgIpc) is 2.74. The molecule has 0 saturated carbocycles. The monoisotopic (exact) mass is 405 g/mol. The maximum atomic E-state index is 12.8. The molecule has 29 heavy (non-hydrogen) atoms. The Morgan fingerprint density at radius 2 is 1.62 bits per heavy atom. The lowest BCUT2D eigenvalue weighted by molar-refractivity contribution is 0.402. The van der Waals surface area contributed by atoms with E-state index in [4.69, 9.17) is 9.52 Å². The highest BCUT2D eigenvalue weighted by atomic mass is 32.2. The Morgan fingerprint density at radius 3 is 2.34 bits per heavy atom.